The van der Waals surface area contributed by atoms with Crippen LogP contribution < -0.4 is 0 Å². The zero-order valence-electron chi connectivity index (χ0n) is 18.8. The Hall–Kier alpha value is -2.55. The fourth-order valence-electron chi connectivity index (χ4n) is 4.84. The van der Waals surface area contributed by atoms with Crippen molar-refractivity contribution < 1.29 is 4.79 Å². The summed E-state index contributed by atoms with van der Waals surface area (Å²) in [4.78, 5) is 15.2. The lowest BCUT2D eigenvalue weighted by molar-refractivity contribution is -0.131. The van der Waals surface area contributed by atoms with Gasteiger partial charge >= 0.3 is 0 Å². The summed E-state index contributed by atoms with van der Waals surface area (Å²) in [5, 5.41) is 1.34. The Morgan fingerprint density at radius 3 is 2.16 bits per heavy atom. The predicted molar refractivity (Wildman–Crippen MR) is 129 cm³/mol. The van der Waals surface area contributed by atoms with E-state index in [1.54, 1.807) is 0 Å². The Labute approximate surface area is 187 Å². The number of nitrogens with zero attached hydrogens (tertiary/aromatic N) is 2. The van der Waals surface area contributed by atoms with Crippen LogP contribution in [0.2, 0.25) is 0 Å². The van der Waals surface area contributed by atoms with Crippen LogP contribution in [0, 0.1) is 0 Å². The summed E-state index contributed by atoms with van der Waals surface area (Å²) in [6.07, 6.45) is 13.9. The molecule has 3 heteroatoms. The highest BCUT2D eigenvalue weighted by Crippen LogP contribution is 2.24. The van der Waals surface area contributed by atoms with Gasteiger partial charge in [0.2, 0.25) is 5.91 Å². The van der Waals surface area contributed by atoms with Gasteiger partial charge in [-0.2, -0.15) is 0 Å². The van der Waals surface area contributed by atoms with Crippen LogP contribution in [0.1, 0.15) is 68.9 Å². The number of carbonyl (C=O) groups is 1. The minimum atomic E-state index is 0.303. The maximum atomic E-state index is 13.1. The molecule has 2 heterocycles. The largest absolute Gasteiger partial charge is 0.347 e. The molecule has 164 valence electrons. The van der Waals surface area contributed by atoms with E-state index in [1.165, 1.54) is 67.0 Å². The van der Waals surface area contributed by atoms with Gasteiger partial charge in [-0.1, -0.05) is 87.1 Å². The Morgan fingerprint density at radius 1 is 0.677 bits per heavy atom. The number of rotatable bonds is 2. The molecule has 0 N–H and O–H groups in total. The topological polar surface area (TPSA) is 25.2 Å². The third-order valence-electron chi connectivity index (χ3n) is 6.63. The van der Waals surface area contributed by atoms with Gasteiger partial charge < -0.3 is 9.47 Å². The molecule has 1 aliphatic rings. The first-order valence-corrected chi connectivity index (χ1v) is 12.2. The zero-order valence-corrected chi connectivity index (χ0v) is 18.8. The van der Waals surface area contributed by atoms with Crippen LogP contribution in [-0.4, -0.2) is 21.9 Å². The van der Waals surface area contributed by atoms with Crippen LogP contribution in [0.4, 0.5) is 0 Å². The maximum Gasteiger partial charge on any atom is 0.222 e. The van der Waals surface area contributed by atoms with Crippen molar-refractivity contribution in [1.82, 2.24) is 9.47 Å². The number of amides is 1. The Bertz CT molecular complexity index is 960. The molecule has 0 atom stereocenters. The van der Waals surface area contributed by atoms with Crippen LogP contribution >= 0.6 is 0 Å². The molecule has 1 amide bonds. The number of aryl methyl sites for hydroxylation is 1. The number of aromatic nitrogens is 1. The molecule has 3 nitrogen and oxygen atoms in total. The van der Waals surface area contributed by atoms with Crippen molar-refractivity contribution in [3.8, 4) is 0 Å². The van der Waals surface area contributed by atoms with Crippen molar-refractivity contribution in [1.29, 1.82) is 0 Å². The molecular weight excluding hydrogens is 380 g/mol. The van der Waals surface area contributed by atoms with E-state index in [0.29, 0.717) is 18.9 Å². The van der Waals surface area contributed by atoms with Crippen LogP contribution in [0.25, 0.3) is 10.9 Å². The summed E-state index contributed by atoms with van der Waals surface area (Å²) in [7, 11) is 0. The minimum Gasteiger partial charge on any atom is -0.347 e. The molecule has 1 aliphatic heterocycles. The molecule has 2 bridgehead atoms. The smallest absolute Gasteiger partial charge is 0.222 e. The summed E-state index contributed by atoms with van der Waals surface area (Å²) in [6.45, 7) is 2.58. The van der Waals surface area contributed by atoms with E-state index >= 15 is 0 Å². The van der Waals surface area contributed by atoms with Crippen molar-refractivity contribution in [3.05, 3.63) is 71.9 Å². The molecule has 0 spiro atoms. The van der Waals surface area contributed by atoms with E-state index < -0.39 is 0 Å². The van der Waals surface area contributed by atoms with Gasteiger partial charge in [-0.15, -0.1) is 0 Å². The molecule has 4 rings (SSSR count). The Morgan fingerprint density at radius 2 is 1.35 bits per heavy atom. The van der Waals surface area contributed by atoms with Gasteiger partial charge in [0.05, 0.1) is 0 Å². The summed E-state index contributed by atoms with van der Waals surface area (Å²) in [6, 6.07) is 19.2. The molecular formula is C28H36N2O. The third kappa shape index (κ3) is 6.00. The van der Waals surface area contributed by atoms with E-state index in [2.05, 4.69) is 64.2 Å². The van der Waals surface area contributed by atoms with Crippen molar-refractivity contribution >= 4 is 16.8 Å². The lowest BCUT2D eigenvalue weighted by Crippen LogP contribution is -2.32. The molecule has 3 aromatic rings. The summed E-state index contributed by atoms with van der Waals surface area (Å²) in [5.41, 5.74) is 3.91. The number of para-hydroxylation sites is 1. The minimum absolute atomic E-state index is 0.303. The lowest BCUT2D eigenvalue weighted by atomic mass is 10.1. The van der Waals surface area contributed by atoms with Gasteiger partial charge in [-0.05, 0) is 36.5 Å². The van der Waals surface area contributed by atoms with Gasteiger partial charge in [-0.3, -0.25) is 4.79 Å². The fourth-order valence-corrected chi connectivity index (χ4v) is 4.84. The monoisotopic (exact) mass is 416 g/mol. The summed E-state index contributed by atoms with van der Waals surface area (Å²) in [5.74, 6) is 0.303. The molecule has 1 aromatic heterocycles. The molecule has 0 fully saturated rings. The number of benzene rings is 2. The summed E-state index contributed by atoms with van der Waals surface area (Å²) < 4.78 is 2.44. The fraction of sp³-hybridized carbons (Fsp3) is 0.464. The standard InChI is InChI=1S/C28H36N2O/c31-28-18-10-5-3-1-2-4-6-13-20-29-23-25(26-16-11-12-17-27(26)29)19-21-30(28)22-24-14-8-7-9-15-24/h7-9,11-12,14-17,23H,1-6,10,13,18-22H2. The Kier molecular flexibility index (Phi) is 7.81. The molecule has 0 radical (unpaired) electrons. The first kappa shape index (κ1) is 21.7. The van der Waals surface area contributed by atoms with Gasteiger partial charge in [-0.25, -0.2) is 0 Å². The highest BCUT2D eigenvalue weighted by molar-refractivity contribution is 5.84. The third-order valence-corrected chi connectivity index (χ3v) is 6.63. The summed E-state index contributed by atoms with van der Waals surface area (Å²) >= 11 is 0. The Balaban J connectivity index is 1.55. The number of hydrogen-bond donors (Lipinski definition) is 0. The predicted octanol–water partition coefficient (Wildman–Crippen LogP) is 6.74. The van der Waals surface area contributed by atoms with Crippen molar-refractivity contribution in [2.24, 2.45) is 0 Å². The van der Waals surface area contributed by atoms with E-state index in [0.717, 1.165) is 25.9 Å². The molecule has 0 saturated heterocycles. The second kappa shape index (κ2) is 11.2. The van der Waals surface area contributed by atoms with Gasteiger partial charge in [0.25, 0.3) is 0 Å². The van der Waals surface area contributed by atoms with E-state index in [9.17, 15) is 4.79 Å². The molecule has 0 aliphatic carbocycles. The van der Waals surface area contributed by atoms with E-state index in [4.69, 9.17) is 0 Å². The molecule has 31 heavy (non-hydrogen) atoms. The average Bonchev–Trinajstić information content (AvgIpc) is 3.15. The first-order chi connectivity index (χ1) is 15.3. The van der Waals surface area contributed by atoms with Crippen LogP contribution in [0.3, 0.4) is 0 Å². The molecule has 0 saturated carbocycles. The van der Waals surface area contributed by atoms with Crippen LogP contribution in [0.5, 0.6) is 0 Å². The highest BCUT2D eigenvalue weighted by atomic mass is 16.2. The SMILES string of the molecule is O=C1CCCCCCCCCCn2cc(c3ccccc32)CCN1Cc1ccccc1. The zero-order chi connectivity index (χ0) is 21.3. The quantitative estimate of drug-likeness (QED) is 0.454. The van der Waals surface area contributed by atoms with Gasteiger partial charge in [0, 0.05) is 43.2 Å². The molecule has 2 aromatic carbocycles. The maximum absolute atomic E-state index is 13.1. The van der Waals surface area contributed by atoms with E-state index in [1.807, 2.05) is 6.07 Å². The normalized spacial score (nSPS) is 17.5. The van der Waals surface area contributed by atoms with Gasteiger partial charge in [0.1, 0.15) is 0 Å². The first-order valence-electron chi connectivity index (χ1n) is 12.2. The van der Waals surface area contributed by atoms with Crippen molar-refractivity contribution in [2.45, 2.75) is 77.3 Å². The van der Waals surface area contributed by atoms with Gasteiger partial charge in [0.15, 0.2) is 0 Å². The lowest BCUT2D eigenvalue weighted by Gasteiger charge is -2.23. The number of carbonyl (C=O) groups excluding carboxylic acids is 1. The van der Waals surface area contributed by atoms with E-state index in [-0.39, 0.29) is 0 Å². The average molecular weight is 417 g/mol. The van der Waals surface area contributed by atoms with Crippen molar-refractivity contribution in [3.63, 3.8) is 0 Å². The second-order valence-electron chi connectivity index (χ2n) is 8.99. The highest BCUT2D eigenvalue weighted by Gasteiger charge is 2.16. The van der Waals surface area contributed by atoms with Crippen molar-refractivity contribution in [2.75, 3.05) is 6.54 Å². The van der Waals surface area contributed by atoms with Crippen LogP contribution in [-0.2, 0) is 24.3 Å². The van der Waals surface area contributed by atoms with Crippen LogP contribution in [0.15, 0.2) is 60.8 Å². The number of fused-ring (bicyclic) bond motifs is 5. The second-order valence-corrected chi connectivity index (χ2v) is 8.99. The number of hydrogen-bond acceptors (Lipinski definition) is 1. The molecule has 0 unspecified atom stereocenters.